The van der Waals surface area contributed by atoms with Gasteiger partial charge in [-0.25, -0.2) is 28.1 Å². The molecule has 1 heterocycles. The molecule has 0 atom stereocenters. The van der Waals surface area contributed by atoms with Gasteiger partial charge >= 0.3 is 0 Å². The van der Waals surface area contributed by atoms with Crippen molar-refractivity contribution < 1.29 is 8.42 Å². The van der Waals surface area contributed by atoms with E-state index in [2.05, 4.69) is 25.0 Å². The first kappa shape index (κ1) is 16.7. The summed E-state index contributed by atoms with van der Waals surface area (Å²) < 4.78 is 26.7. The van der Waals surface area contributed by atoms with Gasteiger partial charge in [-0.1, -0.05) is 11.8 Å². The molecule has 23 heavy (non-hydrogen) atoms. The minimum absolute atomic E-state index is 0.00233. The van der Waals surface area contributed by atoms with Crippen LogP contribution < -0.4 is 10.0 Å². The van der Waals surface area contributed by atoms with Crippen LogP contribution >= 0.6 is 11.8 Å². The standard InChI is InChI=1S/C13H12N6O2S2/c1-22-13(17-9-14)18-10-3-5-11(6-4-10)23(20,21)19-12-15-7-2-8-16-12/h2-8H,1H3,(H,17,18)(H,15,16,19). The van der Waals surface area contributed by atoms with E-state index in [1.54, 1.807) is 18.5 Å². The zero-order chi connectivity index (χ0) is 16.7. The van der Waals surface area contributed by atoms with Gasteiger partial charge in [0.05, 0.1) is 10.6 Å². The van der Waals surface area contributed by atoms with E-state index in [0.29, 0.717) is 10.9 Å². The van der Waals surface area contributed by atoms with E-state index in [9.17, 15) is 8.42 Å². The van der Waals surface area contributed by atoms with Crippen LogP contribution in [-0.2, 0) is 10.0 Å². The van der Waals surface area contributed by atoms with E-state index >= 15 is 0 Å². The lowest BCUT2D eigenvalue weighted by atomic mass is 10.3. The Balaban J connectivity index is 2.20. The summed E-state index contributed by atoms with van der Waals surface area (Å²) in [6.07, 6.45) is 6.43. The number of amidine groups is 1. The van der Waals surface area contributed by atoms with Crippen molar-refractivity contribution in [2.45, 2.75) is 4.90 Å². The molecular formula is C13H12N6O2S2. The third kappa shape index (κ3) is 4.67. The van der Waals surface area contributed by atoms with E-state index in [1.807, 2.05) is 0 Å². The van der Waals surface area contributed by atoms with Crippen molar-refractivity contribution in [1.82, 2.24) is 15.3 Å². The number of benzene rings is 1. The van der Waals surface area contributed by atoms with Crippen molar-refractivity contribution in [2.24, 2.45) is 4.99 Å². The van der Waals surface area contributed by atoms with Crippen molar-refractivity contribution in [3.8, 4) is 6.19 Å². The van der Waals surface area contributed by atoms with Gasteiger partial charge in [-0.05, 0) is 36.6 Å². The highest BCUT2D eigenvalue weighted by Gasteiger charge is 2.15. The van der Waals surface area contributed by atoms with Crippen molar-refractivity contribution in [1.29, 1.82) is 5.26 Å². The molecule has 0 fully saturated rings. The Morgan fingerprint density at radius 1 is 1.26 bits per heavy atom. The molecular weight excluding hydrogens is 336 g/mol. The molecule has 2 aromatic rings. The maximum Gasteiger partial charge on any atom is 0.264 e. The van der Waals surface area contributed by atoms with Gasteiger partial charge in [0.15, 0.2) is 11.4 Å². The van der Waals surface area contributed by atoms with Gasteiger partial charge in [-0.2, -0.15) is 5.26 Å². The third-order valence-corrected chi connectivity index (χ3v) is 4.45. The zero-order valence-corrected chi connectivity index (χ0v) is 13.6. The first-order valence-electron chi connectivity index (χ1n) is 6.23. The quantitative estimate of drug-likeness (QED) is 0.373. The van der Waals surface area contributed by atoms with E-state index in [0.717, 1.165) is 0 Å². The van der Waals surface area contributed by atoms with Gasteiger partial charge in [0.1, 0.15) is 0 Å². The maximum atomic E-state index is 12.2. The summed E-state index contributed by atoms with van der Waals surface area (Å²) in [6, 6.07) is 7.48. The Morgan fingerprint density at radius 2 is 1.91 bits per heavy atom. The number of nitriles is 1. The summed E-state index contributed by atoms with van der Waals surface area (Å²) in [5, 5.41) is 11.4. The van der Waals surface area contributed by atoms with Crippen molar-refractivity contribution >= 4 is 38.6 Å². The number of anilines is 1. The van der Waals surface area contributed by atoms with Gasteiger partial charge in [-0.3, -0.25) is 5.32 Å². The number of thioether (sulfide) groups is 1. The topological polar surface area (TPSA) is 120 Å². The Hall–Kier alpha value is -2.64. The molecule has 0 bridgehead atoms. The molecule has 0 aliphatic heterocycles. The molecule has 0 saturated heterocycles. The fourth-order valence-corrected chi connectivity index (χ4v) is 2.82. The summed E-state index contributed by atoms with van der Waals surface area (Å²) in [4.78, 5) is 11.9. The molecule has 0 saturated carbocycles. The van der Waals surface area contributed by atoms with Crippen LogP contribution in [0.1, 0.15) is 0 Å². The van der Waals surface area contributed by atoms with E-state index in [1.165, 1.54) is 48.4 Å². The summed E-state index contributed by atoms with van der Waals surface area (Å²) in [6.45, 7) is 0. The van der Waals surface area contributed by atoms with Crippen molar-refractivity contribution in [2.75, 3.05) is 11.0 Å². The second-order valence-corrected chi connectivity index (χ2v) is 6.51. The average Bonchev–Trinajstić information content (AvgIpc) is 2.55. The lowest BCUT2D eigenvalue weighted by Crippen LogP contribution is -2.14. The van der Waals surface area contributed by atoms with Crippen molar-refractivity contribution in [3.63, 3.8) is 0 Å². The Morgan fingerprint density at radius 3 is 2.48 bits per heavy atom. The fourth-order valence-electron chi connectivity index (χ4n) is 1.52. The molecule has 1 aromatic heterocycles. The molecule has 1 aromatic carbocycles. The Kier molecular flexibility index (Phi) is 5.51. The van der Waals surface area contributed by atoms with Gasteiger partial charge in [0, 0.05) is 12.4 Å². The molecule has 8 nitrogen and oxygen atoms in total. The van der Waals surface area contributed by atoms with Crippen LogP contribution in [-0.4, -0.2) is 29.8 Å². The minimum Gasteiger partial charge on any atom is -0.271 e. The first-order chi connectivity index (χ1) is 11.0. The molecule has 0 aliphatic rings. The molecule has 0 aliphatic carbocycles. The number of hydrogen-bond acceptors (Lipinski definition) is 7. The second-order valence-electron chi connectivity index (χ2n) is 4.03. The molecule has 2 rings (SSSR count). The lowest BCUT2D eigenvalue weighted by Gasteiger charge is -2.06. The van der Waals surface area contributed by atoms with E-state index in [-0.39, 0.29) is 10.8 Å². The number of nitrogens with zero attached hydrogens (tertiary/aromatic N) is 4. The predicted octanol–water partition coefficient (Wildman–Crippen LogP) is 1.70. The molecule has 0 amide bonds. The highest BCUT2D eigenvalue weighted by atomic mass is 32.2. The number of rotatable bonds is 4. The summed E-state index contributed by atoms with van der Waals surface area (Å²) in [7, 11) is -3.77. The number of aliphatic imine (C=N–C) groups is 1. The summed E-state index contributed by atoms with van der Waals surface area (Å²) >= 11 is 1.27. The molecule has 0 radical (unpaired) electrons. The zero-order valence-electron chi connectivity index (χ0n) is 12.0. The highest BCUT2D eigenvalue weighted by Crippen LogP contribution is 2.19. The van der Waals surface area contributed by atoms with E-state index < -0.39 is 10.0 Å². The van der Waals surface area contributed by atoms with Crippen molar-refractivity contribution in [3.05, 3.63) is 42.7 Å². The van der Waals surface area contributed by atoms with Crippen LogP contribution in [0.5, 0.6) is 0 Å². The van der Waals surface area contributed by atoms with Crippen LogP contribution in [0.3, 0.4) is 0 Å². The third-order valence-electron chi connectivity index (χ3n) is 2.53. The first-order valence-corrected chi connectivity index (χ1v) is 8.93. The smallest absolute Gasteiger partial charge is 0.264 e. The number of hydrogen-bond donors (Lipinski definition) is 2. The number of sulfonamides is 1. The SMILES string of the molecule is CSC(=Nc1ccc(S(=O)(=O)Nc2ncccn2)cc1)NC#N. The normalized spacial score (nSPS) is 11.6. The van der Waals surface area contributed by atoms with Gasteiger partial charge < -0.3 is 0 Å². The summed E-state index contributed by atoms with van der Waals surface area (Å²) in [5.74, 6) is -0.00233. The lowest BCUT2D eigenvalue weighted by molar-refractivity contribution is 0.601. The number of nitrogens with one attached hydrogen (secondary N) is 2. The maximum absolute atomic E-state index is 12.2. The van der Waals surface area contributed by atoms with Crippen LogP contribution in [0.2, 0.25) is 0 Å². The molecule has 118 valence electrons. The molecule has 0 spiro atoms. The second kappa shape index (κ2) is 7.57. The van der Waals surface area contributed by atoms with E-state index in [4.69, 9.17) is 5.26 Å². The number of aromatic nitrogens is 2. The largest absolute Gasteiger partial charge is 0.271 e. The highest BCUT2D eigenvalue weighted by molar-refractivity contribution is 8.13. The average molecular weight is 348 g/mol. The summed E-state index contributed by atoms with van der Waals surface area (Å²) in [5.41, 5.74) is 0.520. The predicted molar refractivity (Wildman–Crippen MR) is 88.6 cm³/mol. The molecule has 0 unspecified atom stereocenters. The molecule has 2 N–H and O–H groups in total. The van der Waals surface area contributed by atoms with Crippen LogP contribution in [0.15, 0.2) is 52.6 Å². The van der Waals surface area contributed by atoms with Gasteiger partial charge in [0.2, 0.25) is 5.95 Å². The molecule has 10 heteroatoms. The minimum atomic E-state index is -3.77. The van der Waals surface area contributed by atoms with Crippen LogP contribution in [0, 0.1) is 11.5 Å². The van der Waals surface area contributed by atoms with Gasteiger partial charge in [-0.15, -0.1) is 0 Å². The van der Waals surface area contributed by atoms with Crippen LogP contribution in [0.4, 0.5) is 11.6 Å². The Bertz CT molecular complexity index is 829. The monoisotopic (exact) mass is 348 g/mol. The van der Waals surface area contributed by atoms with Gasteiger partial charge in [0.25, 0.3) is 10.0 Å². The fraction of sp³-hybridized carbons (Fsp3) is 0.0769. The van der Waals surface area contributed by atoms with Crippen LogP contribution in [0.25, 0.3) is 0 Å². The Labute approximate surface area is 137 Å².